The van der Waals surface area contributed by atoms with Crippen molar-refractivity contribution in [2.24, 2.45) is 5.73 Å². The normalized spacial score (nSPS) is 11.5. The Labute approximate surface area is 115 Å². The Morgan fingerprint density at radius 3 is 2.37 bits per heavy atom. The standard InChI is InChI=1S/C14H23NO3S/c1-2-3-4-10-19(16,17)11-9-18-14-7-5-13(12-15)6-8-14/h5-8H,2-4,9-12,15H2,1H3. The van der Waals surface area contributed by atoms with Gasteiger partial charge in [-0.2, -0.15) is 0 Å². The van der Waals surface area contributed by atoms with Crippen LogP contribution < -0.4 is 10.5 Å². The summed E-state index contributed by atoms with van der Waals surface area (Å²) in [6, 6.07) is 7.38. The van der Waals surface area contributed by atoms with Gasteiger partial charge in [0.15, 0.2) is 9.84 Å². The van der Waals surface area contributed by atoms with Crippen LogP contribution in [0.1, 0.15) is 31.7 Å². The third-order valence-corrected chi connectivity index (χ3v) is 4.58. The van der Waals surface area contributed by atoms with Crippen molar-refractivity contribution >= 4 is 9.84 Å². The number of hydrogen-bond donors (Lipinski definition) is 1. The van der Waals surface area contributed by atoms with Crippen LogP contribution >= 0.6 is 0 Å². The fourth-order valence-corrected chi connectivity index (χ4v) is 2.87. The smallest absolute Gasteiger partial charge is 0.153 e. The van der Waals surface area contributed by atoms with E-state index in [1.54, 1.807) is 0 Å². The minimum Gasteiger partial charge on any atom is -0.493 e. The molecule has 0 aliphatic heterocycles. The van der Waals surface area contributed by atoms with Crippen LogP contribution in [0, 0.1) is 0 Å². The van der Waals surface area contributed by atoms with Gasteiger partial charge in [0.25, 0.3) is 0 Å². The van der Waals surface area contributed by atoms with E-state index in [2.05, 4.69) is 6.92 Å². The number of nitrogens with two attached hydrogens (primary N) is 1. The summed E-state index contributed by atoms with van der Waals surface area (Å²) < 4.78 is 28.8. The molecule has 0 aliphatic carbocycles. The number of benzene rings is 1. The van der Waals surface area contributed by atoms with Crippen LogP contribution in [-0.2, 0) is 16.4 Å². The monoisotopic (exact) mass is 285 g/mol. The first kappa shape index (κ1) is 16.0. The zero-order valence-corrected chi connectivity index (χ0v) is 12.3. The number of ether oxygens (including phenoxy) is 1. The van der Waals surface area contributed by atoms with E-state index in [0.717, 1.165) is 24.8 Å². The van der Waals surface area contributed by atoms with E-state index in [1.807, 2.05) is 24.3 Å². The second kappa shape index (κ2) is 8.17. The Morgan fingerprint density at radius 2 is 1.79 bits per heavy atom. The van der Waals surface area contributed by atoms with Crippen LogP contribution in [0.5, 0.6) is 5.75 Å². The first-order chi connectivity index (χ1) is 9.07. The minimum atomic E-state index is -2.98. The lowest BCUT2D eigenvalue weighted by Crippen LogP contribution is -2.17. The van der Waals surface area contributed by atoms with E-state index in [0.29, 0.717) is 12.3 Å². The molecule has 108 valence electrons. The average Bonchev–Trinajstić information content (AvgIpc) is 2.39. The molecule has 1 aromatic carbocycles. The molecular formula is C14H23NO3S. The van der Waals surface area contributed by atoms with Crippen molar-refractivity contribution in [2.75, 3.05) is 18.1 Å². The highest BCUT2D eigenvalue weighted by molar-refractivity contribution is 7.91. The van der Waals surface area contributed by atoms with Gasteiger partial charge in [-0.25, -0.2) is 8.42 Å². The predicted molar refractivity (Wildman–Crippen MR) is 78.0 cm³/mol. The third kappa shape index (κ3) is 6.59. The molecule has 1 aromatic rings. The zero-order valence-electron chi connectivity index (χ0n) is 11.5. The Hall–Kier alpha value is -1.07. The molecule has 0 fully saturated rings. The molecule has 4 nitrogen and oxygen atoms in total. The lowest BCUT2D eigenvalue weighted by atomic mass is 10.2. The van der Waals surface area contributed by atoms with Crippen molar-refractivity contribution in [2.45, 2.75) is 32.7 Å². The SMILES string of the molecule is CCCCCS(=O)(=O)CCOc1ccc(CN)cc1. The molecule has 0 radical (unpaired) electrons. The van der Waals surface area contributed by atoms with E-state index < -0.39 is 9.84 Å². The van der Waals surface area contributed by atoms with Crippen LogP contribution in [0.25, 0.3) is 0 Å². The molecule has 0 bridgehead atoms. The lowest BCUT2D eigenvalue weighted by Gasteiger charge is -2.07. The Kier molecular flexibility index (Phi) is 6.87. The second-order valence-corrected chi connectivity index (χ2v) is 6.86. The van der Waals surface area contributed by atoms with E-state index in [9.17, 15) is 8.42 Å². The van der Waals surface area contributed by atoms with E-state index >= 15 is 0 Å². The van der Waals surface area contributed by atoms with Gasteiger partial charge < -0.3 is 10.5 Å². The van der Waals surface area contributed by atoms with Gasteiger partial charge >= 0.3 is 0 Å². The molecule has 0 saturated carbocycles. The van der Waals surface area contributed by atoms with E-state index in [4.69, 9.17) is 10.5 Å². The predicted octanol–water partition coefficient (Wildman–Crippen LogP) is 2.13. The molecule has 19 heavy (non-hydrogen) atoms. The van der Waals surface area contributed by atoms with Gasteiger partial charge in [-0.05, 0) is 24.1 Å². The van der Waals surface area contributed by atoms with Crippen LogP contribution in [-0.4, -0.2) is 26.5 Å². The van der Waals surface area contributed by atoms with Gasteiger partial charge in [0.05, 0.1) is 11.5 Å². The van der Waals surface area contributed by atoms with Gasteiger partial charge in [-0.1, -0.05) is 31.9 Å². The van der Waals surface area contributed by atoms with Crippen molar-refractivity contribution in [1.29, 1.82) is 0 Å². The fourth-order valence-electron chi connectivity index (χ4n) is 1.68. The van der Waals surface area contributed by atoms with Gasteiger partial charge in [-0.15, -0.1) is 0 Å². The third-order valence-electron chi connectivity index (χ3n) is 2.88. The molecular weight excluding hydrogens is 262 g/mol. The molecule has 0 saturated heterocycles. The van der Waals surface area contributed by atoms with Gasteiger partial charge in [0, 0.05) is 6.54 Å². The maximum absolute atomic E-state index is 11.7. The molecule has 0 heterocycles. The van der Waals surface area contributed by atoms with Crippen molar-refractivity contribution in [3.8, 4) is 5.75 Å². The van der Waals surface area contributed by atoms with Crippen LogP contribution in [0.4, 0.5) is 0 Å². The fraction of sp³-hybridized carbons (Fsp3) is 0.571. The van der Waals surface area contributed by atoms with E-state index in [1.165, 1.54) is 0 Å². The van der Waals surface area contributed by atoms with Crippen LogP contribution in [0.3, 0.4) is 0 Å². The maximum atomic E-state index is 11.7. The van der Waals surface area contributed by atoms with Crippen LogP contribution in [0.2, 0.25) is 0 Å². The molecule has 0 aromatic heterocycles. The Morgan fingerprint density at radius 1 is 1.11 bits per heavy atom. The second-order valence-electron chi connectivity index (χ2n) is 4.56. The summed E-state index contributed by atoms with van der Waals surface area (Å²) >= 11 is 0. The quantitative estimate of drug-likeness (QED) is 0.706. The molecule has 0 spiro atoms. The summed E-state index contributed by atoms with van der Waals surface area (Å²) in [7, 11) is -2.98. The molecule has 0 amide bonds. The summed E-state index contributed by atoms with van der Waals surface area (Å²) in [6.45, 7) is 2.75. The lowest BCUT2D eigenvalue weighted by molar-refractivity contribution is 0.340. The number of hydrogen-bond acceptors (Lipinski definition) is 4. The summed E-state index contributed by atoms with van der Waals surface area (Å²) in [6.07, 6.45) is 2.73. The van der Waals surface area contributed by atoms with Crippen molar-refractivity contribution in [1.82, 2.24) is 0 Å². The zero-order chi connectivity index (χ0) is 14.1. The molecule has 0 atom stereocenters. The summed E-state index contributed by atoms with van der Waals surface area (Å²) in [5.41, 5.74) is 6.52. The maximum Gasteiger partial charge on any atom is 0.153 e. The van der Waals surface area contributed by atoms with Gasteiger partial charge in [0.1, 0.15) is 12.4 Å². The summed E-state index contributed by atoms with van der Waals surface area (Å²) in [5.74, 6) is 1.02. The average molecular weight is 285 g/mol. The van der Waals surface area contributed by atoms with Crippen molar-refractivity contribution in [3.05, 3.63) is 29.8 Å². The largest absolute Gasteiger partial charge is 0.493 e. The summed E-state index contributed by atoms with van der Waals surface area (Å²) in [5, 5.41) is 0. The van der Waals surface area contributed by atoms with Gasteiger partial charge in [-0.3, -0.25) is 0 Å². The molecule has 0 aliphatic rings. The molecule has 1 rings (SSSR count). The summed E-state index contributed by atoms with van der Waals surface area (Å²) in [4.78, 5) is 0. The van der Waals surface area contributed by atoms with Crippen molar-refractivity contribution in [3.63, 3.8) is 0 Å². The highest BCUT2D eigenvalue weighted by Gasteiger charge is 2.10. The number of sulfone groups is 1. The Balaban J connectivity index is 2.32. The minimum absolute atomic E-state index is 0.0787. The first-order valence-electron chi connectivity index (χ1n) is 6.69. The van der Waals surface area contributed by atoms with E-state index in [-0.39, 0.29) is 18.1 Å². The van der Waals surface area contributed by atoms with Crippen LogP contribution in [0.15, 0.2) is 24.3 Å². The Bertz CT molecular complexity index is 454. The number of unbranched alkanes of at least 4 members (excludes halogenated alkanes) is 2. The molecule has 0 unspecified atom stereocenters. The highest BCUT2D eigenvalue weighted by atomic mass is 32.2. The molecule has 5 heteroatoms. The highest BCUT2D eigenvalue weighted by Crippen LogP contribution is 2.12. The van der Waals surface area contributed by atoms with Gasteiger partial charge in [0.2, 0.25) is 0 Å². The first-order valence-corrected chi connectivity index (χ1v) is 8.52. The topological polar surface area (TPSA) is 69.4 Å². The van der Waals surface area contributed by atoms with Crippen molar-refractivity contribution < 1.29 is 13.2 Å². The number of rotatable bonds is 9. The molecule has 2 N–H and O–H groups in total.